The van der Waals surface area contributed by atoms with Gasteiger partial charge in [0.2, 0.25) is 0 Å². The molecule has 0 bridgehead atoms. The Bertz CT molecular complexity index is 334. The highest BCUT2D eigenvalue weighted by Crippen LogP contribution is 2.19. The largest absolute Gasteiger partial charge is 0.396 e. The van der Waals surface area contributed by atoms with Crippen LogP contribution in [0.25, 0.3) is 0 Å². The first-order valence-electron chi connectivity index (χ1n) is 3.59. The Morgan fingerprint density at radius 1 is 1.50 bits per heavy atom. The van der Waals surface area contributed by atoms with Crippen LogP contribution in [0.1, 0.15) is 22.8 Å². The van der Waals surface area contributed by atoms with E-state index in [0.717, 1.165) is 0 Å². The van der Waals surface area contributed by atoms with Crippen LogP contribution in [0, 0.1) is 12.7 Å². The monoisotopic (exact) mass is 167 g/mol. The second-order valence-corrected chi connectivity index (χ2v) is 2.72. The fraction of sp³-hybridized carbons (Fsp3) is 0.222. The smallest absolute Gasteiger partial charge is 0.163 e. The second-order valence-electron chi connectivity index (χ2n) is 2.72. The molecule has 64 valence electrons. The number of benzene rings is 1. The first-order chi connectivity index (χ1) is 5.54. The lowest BCUT2D eigenvalue weighted by atomic mass is 10.0. The highest BCUT2D eigenvalue weighted by molar-refractivity contribution is 5.96. The molecule has 0 atom stereocenters. The SMILES string of the molecule is CC(=O)c1c(C)ccc(N)c1F. The number of carbonyl (C=O) groups is 1. The molecule has 1 rings (SSSR count). The van der Waals surface area contributed by atoms with E-state index in [1.165, 1.54) is 13.0 Å². The molecule has 12 heavy (non-hydrogen) atoms. The summed E-state index contributed by atoms with van der Waals surface area (Å²) >= 11 is 0. The number of nitrogens with two attached hydrogens (primary N) is 1. The Morgan fingerprint density at radius 2 is 2.08 bits per heavy atom. The lowest BCUT2D eigenvalue weighted by Gasteiger charge is -2.04. The van der Waals surface area contributed by atoms with Crippen molar-refractivity contribution >= 4 is 11.5 Å². The fourth-order valence-electron chi connectivity index (χ4n) is 1.12. The molecule has 3 heteroatoms. The van der Waals surface area contributed by atoms with Gasteiger partial charge in [-0.25, -0.2) is 4.39 Å². The second kappa shape index (κ2) is 2.93. The molecule has 2 nitrogen and oxygen atoms in total. The zero-order valence-electron chi connectivity index (χ0n) is 7.02. The molecule has 0 amide bonds. The van der Waals surface area contributed by atoms with Crippen LogP contribution in [0.5, 0.6) is 0 Å². The average molecular weight is 167 g/mol. The van der Waals surface area contributed by atoms with Gasteiger partial charge in [0.1, 0.15) is 0 Å². The summed E-state index contributed by atoms with van der Waals surface area (Å²) in [6.45, 7) is 3.00. The van der Waals surface area contributed by atoms with E-state index < -0.39 is 5.82 Å². The van der Waals surface area contributed by atoms with E-state index in [0.29, 0.717) is 5.56 Å². The Morgan fingerprint density at radius 3 is 2.50 bits per heavy atom. The van der Waals surface area contributed by atoms with E-state index in [-0.39, 0.29) is 17.0 Å². The number of carbonyl (C=O) groups excluding carboxylic acids is 1. The maximum Gasteiger partial charge on any atom is 0.163 e. The molecule has 0 aliphatic heterocycles. The molecule has 0 saturated carbocycles. The van der Waals surface area contributed by atoms with E-state index >= 15 is 0 Å². The van der Waals surface area contributed by atoms with Gasteiger partial charge in [-0.05, 0) is 25.5 Å². The third kappa shape index (κ3) is 1.30. The Labute approximate surface area is 70.2 Å². The van der Waals surface area contributed by atoms with Gasteiger partial charge < -0.3 is 5.73 Å². The minimum Gasteiger partial charge on any atom is -0.396 e. The molecular formula is C9H10FNO. The Hall–Kier alpha value is -1.38. The quantitative estimate of drug-likeness (QED) is 0.513. The van der Waals surface area contributed by atoms with E-state index in [4.69, 9.17) is 5.73 Å². The lowest BCUT2D eigenvalue weighted by Crippen LogP contribution is -2.03. The van der Waals surface area contributed by atoms with Crippen molar-refractivity contribution in [3.63, 3.8) is 0 Å². The third-order valence-corrected chi connectivity index (χ3v) is 1.73. The molecule has 2 N–H and O–H groups in total. The zero-order valence-corrected chi connectivity index (χ0v) is 7.02. The minimum atomic E-state index is -0.609. The summed E-state index contributed by atoms with van der Waals surface area (Å²) in [6, 6.07) is 3.09. The van der Waals surface area contributed by atoms with Crippen molar-refractivity contribution in [2.75, 3.05) is 5.73 Å². The van der Waals surface area contributed by atoms with Crippen molar-refractivity contribution in [2.45, 2.75) is 13.8 Å². The number of rotatable bonds is 1. The molecule has 0 aliphatic rings. The summed E-state index contributed by atoms with van der Waals surface area (Å²) in [4.78, 5) is 10.9. The number of hydrogen-bond acceptors (Lipinski definition) is 2. The van der Waals surface area contributed by atoms with Gasteiger partial charge in [0.25, 0.3) is 0 Å². The predicted molar refractivity (Wildman–Crippen MR) is 45.6 cm³/mol. The number of anilines is 1. The predicted octanol–water partition coefficient (Wildman–Crippen LogP) is 1.92. The normalized spacial score (nSPS) is 9.92. The number of halogens is 1. The topological polar surface area (TPSA) is 43.1 Å². The average Bonchev–Trinajstić information content (AvgIpc) is 1.97. The molecule has 0 radical (unpaired) electrons. The van der Waals surface area contributed by atoms with Crippen LogP contribution in [-0.2, 0) is 0 Å². The molecule has 0 aliphatic carbocycles. The van der Waals surface area contributed by atoms with Crippen LogP contribution in [0.2, 0.25) is 0 Å². The number of hydrogen-bond donors (Lipinski definition) is 1. The molecule has 0 aromatic heterocycles. The molecule has 0 spiro atoms. The number of ketones is 1. The van der Waals surface area contributed by atoms with E-state index in [9.17, 15) is 9.18 Å². The Balaban J connectivity index is 3.43. The Kier molecular flexibility index (Phi) is 2.13. The molecular weight excluding hydrogens is 157 g/mol. The van der Waals surface area contributed by atoms with E-state index in [1.807, 2.05) is 0 Å². The number of Topliss-reactive ketones (excluding diaryl/α,β-unsaturated/α-hetero) is 1. The number of nitrogen functional groups attached to an aromatic ring is 1. The van der Waals surface area contributed by atoms with Crippen molar-refractivity contribution < 1.29 is 9.18 Å². The van der Waals surface area contributed by atoms with Gasteiger partial charge in [-0.3, -0.25) is 4.79 Å². The molecule has 1 aromatic carbocycles. The summed E-state index contributed by atoms with van der Waals surface area (Å²) in [7, 11) is 0. The van der Waals surface area contributed by atoms with E-state index in [1.54, 1.807) is 13.0 Å². The number of aryl methyl sites for hydroxylation is 1. The van der Waals surface area contributed by atoms with Crippen molar-refractivity contribution in [1.29, 1.82) is 0 Å². The molecule has 0 fully saturated rings. The van der Waals surface area contributed by atoms with Crippen LogP contribution < -0.4 is 5.73 Å². The van der Waals surface area contributed by atoms with Crippen LogP contribution in [-0.4, -0.2) is 5.78 Å². The van der Waals surface area contributed by atoms with Gasteiger partial charge in [0.15, 0.2) is 11.6 Å². The summed E-state index contributed by atoms with van der Waals surface area (Å²) < 4.78 is 13.2. The maximum atomic E-state index is 13.2. The highest BCUT2D eigenvalue weighted by atomic mass is 19.1. The van der Waals surface area contributed by atoms with Gasteiger partial charge in [-0.1, -0.05) is 6.07 Å². The zero-order chi connectivity index (χ0) is 9.30. The third-order valence-electron chi connectivity index (χ3n) is 1.73. The molecule has 0 heterocycles. The first kappa shape index (κ1) is 8.71. The van der Waals surface area contributed by atoms with Gasteiger partial charge in [0.05, 0.1) is 11.3 Å². The molecule has 0 saturated heterocycles. The van der Waals surface area contributed by atoms with Crippen molar-refractivity contribution in [1.82, 2.24) is 0 Å². The van der Waals surface area contributed by atoms with Crippen LogP contribution in [0.15, 0.2) is 12.1 Å². The maximum absolute atomic E-state index is 13.2. The van der Waals surface area contributed by atoms with Crippen LogP contribution in [0.4, 0.5) is 10.1 Å². The van der Waals surface area contributed by atoms with Gasteiger partial charge in [0, 0.05) is 0 Å². The van der Waals surface area contributed by atoms with Crippen molar-refractivity contribution in [3.05, 3.63) is 29.1 Å². The highest BCUT2D eigenvalue weighted by Gasteiger charge is 2.12. The summed E-state index contributed by atoms with van der Waals surface area (Å²) in [5.41, 5.74) is 6.03. The molecule has 0 unspecified atom stereocenters. The molecule has 1 aromatic rings. The summed E-state index contributed by atoms with van der Waals surface area (Å²) in [5.74, 6) is -0.903. The van der Waals surface area contributed by atoms with E-state index in [2.05, 4.69) is 0 Å². The van der Waals surface area contributed by atoms with Crippen molar-refractivity contribution in [3.8, 4) is 0 Å². The fourth-order valence-corrected chi connectivity index (χ4v) is 1.12. The minimum absolute atomic E-state index is 0.0193. The summed E-state index contributed by atoms with van der Waals surface area (Å²) in [5, 5.41) is 0. The van der Waals surface area contributed by atoms with Crippen LogP contribution in [0.3, 0.4) is 0 Å². The first-order valence-corrected chi connectivity index (χ1v) is 3.59. The van der Waals surface area contributed by atoms with Gasteiger partial charge in [-0.15, -0.1) is 0 Å². The summed E-state index contributed by atoms with van der Waals surface area (Å²) in [6.07, 6.45) is 0. The lowest BCUT2D eigenvalue weighted by molar-refractivity contribution is 0.101. The van der Waals surface area contributed by atoms with Crippen LogP contribution >= 0.6 is 0 Å². The van der Waals surface area contributed by atoms with Gasteiger partial charge in [-0.2, -0.15) is 0 Å². The van der Waals surface area contributed by atoms with Gasteiger partial charge >= 0.3 is 0 Å². The van der Waals surface area contributed by atoms with Crippen molar-refractivity contribution in [2.24, 2.45) is 0 Å². The standard InChI is InChI=1S/C9H10FNO/c1-5-3-4-7(11)9(10)8(5)6(2)12/h3-4H,11H2,1-2H3.